The van der Waals surface area contributed by atoms with Crippen LogP contribution in [0.3, 0.4) is 0 Å². The fraction of sp³-hybridized carbons (Fsp3) is 0.818. The molecule has 0 spiro atoms. The second-order valence-electron chi connectivity index (χ2n) is 3.80. The molecule has 0 fully saturated rings. The summed E-state index contributed by atoms with van der Waals surface area (Å²) in [6.45, 7) is 5.60. The van der Waals surface area contributed by atoms with E-state index >= 15 is 0 Å². The predicted octanol–water partition coefficient (Wildman–Crippen LogP) is 0.0143. The van der Waals surface area contributed by atoms with Crippen molar-refractivity contribution in [2.75, 3.05) is 44.9 Å². The maximum atomic E-state index is 8.81. The largest absolute Gasteiger partial charge is 0.407 e. The summed E-state index contributed by atoms with van der Waals surface area (Å²) in [5.41, 5.74) is 0. The number of aromatic nitrogens is 2. The van der Waals surface area contributed by atoms with Gasteiger partial charge in [0.05, 0.1) is 13.2 Å². The quantitative estimate of drug-likeness (QED) is 0.572. The number of methoxy groups -OCH3 is 1. The maximum Gasteiger partial charge on any atom is 0.318 e. The lowest BCUT2D eigenvalue weighted by atomic mass is 10.4. The first-order valence-corrected chi connectivity index (χ1v) is 6.19. The van der Waals surface area contributed by atoms with Crippen molar-refractivity contribution in [2.24, 2.45) is 0 Å². The Labute approximate surface area is 107 Å². The number of ether oxygens (including phenoxy) is 1. The monoisotopic (exact) mass is 258 g/mol. The smallest absolute Gasteiger partial charge is 0.318 e. The highest BCUT2D eigenvalue weighted by atomic mass is 16.5. The van der Waals surface area contributed by atoms with Gasteiger partial charge in [0.1, 0.15) is 0 Å². The molecule has 1 aromatic heterocycles. The third-order valence-electron chi connectivity index (χ3n) is 2.45. The van der Waals surface area contributed by atoms with Crippen LogP contribution < -0.4 is 10.2 Å². The van der Waals surface area contributed by atoms with Crippen molar-refractivity contribution in [3.05, 3.63) is 5.89 Å². The molecule has 0 aliphatic carbocycles. The molecule has 7 nitrogen and oxygen atoms in total. The first-order chi connectivity index (χ1) is 8.81. The van der Waals surface area contributed by atoms with Gasteiger partial charge in [0.15, 0.2) is 0 Å². The number of rotatable bonds is 10. The summed E-state index contributed by atoms with van der Waals surface area (Å²) in [6, 6.07) is 0.509. The van der Waals surface area contributed by atoms with E-state index in [9.17, 15) is 0 Å². The molecule has 104 valence electrons. The van der Waals surface area contributed by atoms with Crippen LogP contribution in [0.1, 0.15) is 19.2 Å². The Bertz CT molecular complexity index is 319. The third-order valence-corrected chi connectivity index (χ3v) is 2.45. The summed E-state index contributed by atoms with van der Waals surface area (Å²) in [5, 5.41) is 19.9. The fourth-order valence-electron chi connectivity index (χ4n) is 1.46. The van der Waals surface area contributed by atoms with Crippen LogP contribution in [0.5, 0.6) is 0 Å². The molecular weight excluding hydrogens is 236 g/mol. The van der Waals surface area contributed by atoms with Crippen molar-refractivity contribution >= 4 is 6.01 Å². The van der Waals surface area contributed by atoms with E-state index in [0.717, 1.165) is 13.1 Å². The van der Waals surface area contributed by atoms with E-state index in [4.69, 9.17) is 14.3 Å². The van der Waals surface area contributed by atoms with Crippen molar-refractivity contribution in [2.45, 2.75) is 19.9 Å². The minimum absolute atomic E-state index is 0.163. The van der Waals surface area contributed by atoms with E-state index < -0.39 is 0 Å². The van der Waals surface area contributed by atoms with Crippen LogP contribution in [0.15, 0.2) is 4.42 Å². The molecule has 7 heteroatoms. The Balaban J connectivity index is 2.40. The van der Waals surface area contributed by atoms with Gasteiger partial charge in [-0.2, -0.15) is 0 Å². The van der Waals surface area contributed by atoms with Crippen molar-refractivity contribution in [3.8, 4) is 0 Å². The fourth-order valence-corrected chi connectivity index (χ4v) is 1.46. The Kier molecular flexibility index (Phi) is 7.31. The Morgan fingerprint density at radius 2 is 2.28 bits per heavy atom. The summed E-state index contributed by atoms with van der Waals surface area (Å²) in [7, 11) is 1.66. The molecule has 0 aliphatic heterocycles. The van der Waals surface area contributed by atoms with Crippen molar-refractivity contribution in [1.29, 1.82) is 0 Å². The number of nitrogens with zero attached hydrogens (tertiary/aromatic N) is 3. The standard InChI is InChI=1S/C11H22N4O3/c1-3-15(6-4-7-16)11-14-13-10(18-11)9-12-5-8-17-2/h12,16H,3-9H2,1-2H3. The number of anilines is 1. The van der Waals surface area contributed by atoms with Crippen LogP contribution in [0.25, 0.3) is 0 Å². The molecule has 0 saturated carbocycles. The summed E-state index contributed by atoms with van der Waals surface area (Å²) in [5.74, 6) is 0.559. The van der Waals surface area contributed by atoms with Crippen molar-refractivity contribution in [1.82, 2.24) is 15.5 Å². The lowest BCUT2D eigenvalue weighted by molar-refractivity contribution is 0.198. The molecular formula is C11H22N4O3. The number of nitrogens with one attached hydrogen (secondary N) is 1. The van der Waals surface area contributed by atoms with E-state index in [0.29, 0.717) is 38.0 Å². The van der Waals surface area contributed by atoms with E-state index in [-0.39, 0.29) is 6.61 Å². The van der Waals surface area contributed by atoms with Gasteiger partial charge in [0, 0.05) is 33.4 Å². The van der Waals surface area contributed by atoms with Crippen LogP contribution in [0.2, 0.25) is 0 Å². The van der Waals surface area contributed by atoms with Crippen molar-refractivity contribution in [3.63, 3.8) is 0 Å². The minimum atomic E-state index is 0.163. The first kappa shape index (κ1) is 14.9. The van der Waals surface area contributed by atoms with Crippen LogP contribution >= 0.6 is 0 Å². The molecule has 1 heterocycles. The zero-order valence-electron chi connectivity index (χ0n) is 11.1. The molecule has 0 aliphatic rings. The molecule has 0 radical (unpaired) electrons. The molecule has 1 aromatic rings. The zero-order valence-corrected chi connectivity index (χ0v) is 11.1. The number of hydrogen-bond acceptors (Lipinski definition) is 7. The second kappa shape index (κ2) is 8.84. The highest BCUT2D eigenvalue weighted by molar-refractivity contribution is 5.23. The molecule has 18 heavy (non-hydrogen) atoms. The molecule has 0 bridgehead atoms. The summed E-state index contributed by atoms with van der Waals surface area (Å²) >= 11 is 0. The van der Waals surface area contributed by atoms with E-state index in [1.54, 1.807) is 7.11 Å². The summed E-state index contributed by atoms with van der Waals surface area (Å²) in [6.07, 6.45) is 0.692. The molecule has 0 unspecified atom stereocenters. The van der Waals surface area contributed by atoms with Gasteiger partial charge in [0.25, 0.3) is 0 Å². The van der Waals surface area contributed by atoms with Crippen LogP contribution in [0, 0.1) is 0 Å². The van der Waals surface area contributed by atoms with E-state index in [1.165, 1.54) is 0 Å². The van der Waals surface area contributed by atoms with Crippen LogP contribution in [-0.2, 0) is 11.3 Å². The van der Waals surface area contributed by atoms with Gasteiger partial charge in [-0.05, 0) is 13.3 Å². The molecule has 1 rings (SSSR count). The van der Waals surface area contributed by atoms with Gasteiger partial charge in [-0.3, -0.25) is 0 Å². The normalized spacial score (nSPS) is 10.8. The van der Waals surface area contributed by atoms with E-state index in [1.807, 2.05) is 11.8 Å². The van der Waals surface area contributed by atoms with Crippen molar-refractivity contribution < 1.29 is 14.3 Å². The Morgan fingerprint density at radius 1 is 1.44 bits per heavy atom. The second-order valence-corrected chi connectivity index (χ2v) is 3.80. The maximum absolute atomic E-state index is 8.81. The minimum Gasteiger partial charge on any atom is -0.407 e. The molecule has 0 atom stereocenters. The average molecular weight is 258 g/mol. The summed E-state index contributed by atoms with van der Waals surface area (Å²) < 4.78 is 10.5. The van der Waals surface area contributed by atoms with Gasteiger partial charge in [-0.15, -0.1) is 5.10 Å². The van der Waals surface area contributed by atoms with Gasteiger partial charge >= 0.3 is 6.01 Å². The lowest BCUT2D eigenvalue weighted by Gasteiger charge is -2.16. The molecule has 2 N–H and O–H groups in total. The predicted molar refractivity (Wildman–Crippen MR) is 67.5 cm³/mol. The molecule has 0 aromatic carbocycles. The molecule has 0 saturated heterocycles. The third kappa shape index (κ3) is 4.99. The Hall–Kier alpha value is -1.18. The van der Waals surface area contributed by atoms with Gasteiger partial charge in [-0.1, -0.05) is 5.10 Å². The van der Waals surface area contributed by atoms with Crippen LogP contribution in [0.4, 0.5) is 6.01 Å². The summed E-state index contributed by atoms with van der Waals surface area (Å²) in [4.78, 5) is 1.95. The Morgan fingerprint density at radius 3 is 2.94 bits per heavy atom. The highest BCUT2D eigenvalue weighted by Crippen LogP contribution is 2.12. The topological polar surface area (TPSA) is 83.7 Å². The number of hydrogen-bond donors (Lipinski definition) is 2. The average Bonchev–Trinajstić information content (AvgIpc) is 2.84. The highest BCUT2D eigenvalue weighted by Gasteiger charge is 2.12. The zero-order chi connectivity index (χ0) is 13.2. The van der Waals surface area contributed by atoms with E-state index in [2.05, 4.69) is 15.5 Å². The SMILES string of the molecule is CCN(CCCO)c1nnc(CNCCOC)o1. The van der Waals surface area contributed by atoms with Gasteiger partial charge < -0.3 is 24.5 Å². The first-order valence-electron chi connectivity index (χ1n) is 6.19. The van der Waals surface area contributed by atoms with Gasteiger partial charge in [0.2, 0.25) is 5.89 Å². The number of aliphatic hydroxyl groups is 1. The molecule has 0 amide bonds. The number of aliphatic hydroxyl groups excluding tert-OH is 1. The van der Waals surface area contributed by atoms with Gasteiger partial charge in [-0.25, -0.2) is 0 Å². The lowest BCUT2D eigenvalue weighted by Crippen LogP contribution is -2.24. The van der Waals surface area contributed by atoms with Crippen LogP contribution in [-0.4, -0.2) is 55.3 Å².